The lowest BCUT2D eigenvalue weighted by Gasteiger charge is -2.17. The van der Waals surface area contributed by atoms with Crippen LogP contribution in [-0.2, 0) is 30.4 Å². The molecule has 7 N–H and O–H groups in total. The Morgan fingerprint density at radius 3 is 2.48 bits per heavy atom. The molecule has 0 radical (unpaired) electrons. The van der Waals surface area contributed by atoms with Crippen molar-refractivity contribution in [2.45, 2.75) is 43.6 Å². The fourth-order valence-corrected chi connectivity index (χ4v) is 3.14. The van der Waals surface area contributed by atoms with E-state index in [0.29, 0.717) is 0 Å². The standard InChI is InChI=1S/C20H24N4O9/c21-11(6-13(25)31-7-10-4-2-1-3-5-10)20(30)32-8-12-15(26)16(27)19(33-12)24-9-23-14(17(22)28)18(24)29/h1-5,9,11-12,15-16,19,26-27,29H,6-8,21H2,(H2,22,28)/t11-,12+,15?,16-,19+/m0/s1. The Hall–Kier alpha value is -3.52. The van der Waals surface area contributed by atoms with Gasteiger partial charge in [0, 0.05) is 0 Å². The van der Waals surface area contributed by atoms with Gasteiger partial charge in [0.2, 0.25) is 5.88 Å². The second-order valence-corrected chi connectivity index (χ2v) is 7.32. The van der Waals surface area contributed by atoms with Gasteiger partial charge in [-0.05, 0) is 5.56 Å². The number of aliphatic hydroxyl groups is 2. The number of nitrogens with zero attached hydrogens (tertiary/aromatic N) is 2. The number of carbonyl (C=O) groups is 3. The molecular formula is C20H24N4O9. The third-order valence-corrected chi connectivity index (χ3v) is 4.93. The first-order valence-electron chi connectivity index (χ1n) is 9.88. The molecule has 1 saturated heterocycles. The number of esters is 2. The van der Waals surface area contributed by atoms with E-state index in [1.807, 2.05) is 6.07 Å². The van der Waals surface area contributed by atoms with E-state index in [0.717, 1.165) is 16.5 Å². The molecular weight excluding hydrogens is 440 g/mol. The smallest absolute Gasteiger partial charge is 0.323 e. The van der Waals surface area contributed by atoms with Crippen LogP contribution in [0, 0.1) is 0 Å². The molecule has 1 aliphatic rings. The number of rotatable bonds is 9. The maximum Gasteiger partial charge on any atom is 0.323 e. The highest BCUT2D eigenvalue weighted by Crippen LogP contribution is 2.33. The molecule has 33 heavy (non-hydrogen) atoms. The molecule has 1 fully saturated rings. The lowest BCUT2D eigenvalue weighted by molar-refractivity contribution is -0.156. The molecule has 13 heteroatoms. The molecule has 1 unspecified atom stereocenters. The third kappa shape index (κ3) is 5.64. The van der Waals surface area contributed by atoms with Gasteiger partial charge >= 0.3 is 11.9 Å². The van der Waals surface area contributed by atoms with Crippen LogP contribution in [0.3, 0.4) is 0 Å². The average molecular weight is 464 g/mol. The fraction of sp³-hybridized carbons (Fsp3) is 0.400. The summed E-state index contributed by atoms with van der Waals surface area (Å²) in [5.41, 5.74) is 11.1. The van der Waals surface area contributed by atoms with Crippen LogP contribution in [0.1, 0.15) is 28.7 Å². The summed E-state index contributed by atoms with van der Waals surface area (Å²) in [5.74, 6) is -3.30. The fourth-order valence-electron chi connectivity index (χ4n) is 3.14. The number of nitrogens with two attached hydrogens (primary N) is 2. The zero-order chi connectivity index (χ0) is 24.1. The molecule has 1 aromatic heterocycles. The normalized spacial score (nSPS) is 23.1. The van der Waals surface area contributed by atoms with Crippen molar-refractivity contribution < 1.29 is 43.9 Å². The minimum Gasteiger partial charge on any atom is -0.493 e. The predicted molar refractivity (Wildman–Crippen MR) is 108 cm³/mol. The van der Waals surface area contributed by atoms with Crippen molar-refractivity contribution in [3.8, 4) is 5.88 Å². The van der Waals surface area contributed by atoms with Crippen LogP contribution in [0.15, 0.2) is 36.7 Å². The minimum atomic E-state index is -1.55. The predicted octanol–water partition coefficient (Wildman–Crippen LogP) is -1.69. The number of aromatic hydroxyl groups is 1. The summed E-state index contributed by atoms with van der Waals surface area (Å²) in [5, 5.41) is 30.4. The highest BCUT2D eigenvalue weighted by atomic mass is 16.6. The molecule has 0 spiro atoms. The Kier molecular flexibility index (Phi) is 7.60. The zero-order valence-corrected chi connectivity index (χ0v) is 17.3. The largest absolute Gasteiger partial charge is 0.493 e. The summed E-state index contributed by atoms with van der Waals surface area (Å²) in [7, 11) is 0. The first kappa shape index (κ1) is 24.1. The molecule has 5 atom stereocenters. The van der Waals surface area contributed by atoms with Crippen molar-refractivity contribution >= 4 is 17.8 Å². The van der Waals surface area contributed by atoms with E-state index in [-0.39, 0.29) is 6.61 Å². The molecule has 2 heterocycles. The summed E-state index contributed by atoms with van der Waals surface area (Å²) in [6.45, 7) is -0.472. The van der Waals surface area contributed by atoms with E-state index in [9.17, 15) is 29.7 Å². The molecule has 178 valence electrons. The molecule has 1 aliphatic heterocycles. The van der Waals surface area contributed by atoms with Gasteiger partial charge in [-0.2, -0.15) is 0 Å². The van der Waals surface area contributed by atoms with Crippen LogP contribution >= 0.6 is 0 Å². The second kappa shape index (κ2) is 10.4. The van der Waals surface area contributed by atoms with Crippen LogP contribution in [0.25, 0.3) is 0 Å². The van der Waals surface area contributed by atoms with Crippen molar-refractivity contribution in [3.63, 3.8) is 0 Å². The quantitative estimate of drug-likeness (QED) is 0.264. The average Bonchev–Trinajstić information content (AvgIpc) is 3.31. The van der Waals surface area contributed by atoms with Gasteiger partial charge in [-0.25, -0.2) is 4.98 Å². The number of aliphatic hydroxyl groups excluding tert-OH is 2. The van der Waals surface area contributed by atoms with Gasteiger partial charge in [-0.1, -0.05) is 30.3 Å². The molecule has 3 rings (SSSR count). The van der Waals surface area contributed by atoms with E-state index >= 15 is 0 Å². The van der Waals surface area contributed by atoms with E-state index in [2.05, 4.69) is 4.98 Å². The van der Waals surface area contributed by atoms with Gasteiger partial charge in [0.15, 0.2) is 11.9 Å². The summed E-state index contributed by atoms with van der Waals surface area (Å²) in [4.78, 5) is 38.9. The third-order valence-electron chi connectivity index (χ3n) is 4.93. The monoisotopic (exact) mass is 464 g/mol. The molecule has 1 aromatic carbocycles. The lowest BCUT2D eigenvalue weighted by Crippen LogP contribution is -2.39. The summed E-state index contributed by atoms with van der Waals surface area (Å²) < 4.78 is 16.4. The first-order valence-corrected chi connectivity index (χ1v) is 9.88. The van der Waals surface area contributed by atoms with Crippen LogP contribution in [0.5, 0.6) is 5.88 Å². The van der Waals surface area contributed by atoms with Crippen molar-refractivity contribution in [3.05, 3.63) is 47.9 Å². The van der Waals surface area contributed by atoms with Gasteiger partial charge in [0.05, 0.1) is 6.42 Å². The SMILES string of the molecule is NC(=O)c1ncn([C@@H]2O[C@H](COC(=O)[C@@H](N)CC(=O)OCc3ccccc3)C(O)[C@@H]2O)c1O. The maximum atomic E-state index is 12.1. The van der Waals surface area contributed by atoms with Crippen LogP contribution in [-0.4, -0.2) is 73.7 Å². The van der Waals surface area contributed by atoms with Crippen molar-refractivity contribution in [1.29, 1.82) is 0 Å². The Balaban J connectivity index is 1.49. The van der Waals surface area contributed by atoms with Crippen molar-refractivity contribution in [2.75, 3.05) is 6.61 Å². The van der Waals surface area contributed by atoms with Gasteiger partial charge < -0.3 is 41.0 Å². The van der Waals surface area contributed by atoms with Crippen LogP contribution in [0.2, 0.25) is 0 Å². The molecule has 2 aromatic rings. The number of aromatic nitrogens is 2. The molecule has 0 bridgehead atoms. The summed E-state index contributed by atoms with van der Waals surface area (Å²) in [6.07, 6.45) is -4.99. The molecule has 0 saturated carbocycles. The number of benzene rings is 1. The highest BCUT2D eigenvalue weighted by molar-refractivity contribution is 5.93. The van der Waals surface area contributed by atoms with E-state index in [1.54, 1.807) is 24.3 Å². The number of primary amides is 1. The number of hydrogen-bond donors (Lipinski definition) is 5. The van der Waals surface area contributed by atoms with E-state index in [4.69, 9.17) is 25.7 Å². The topological polar surface area (TPSA) is 209 Å². The minimum absolute atomic E-state index is 0.0292. The second-order valence-electron chi connectivity index (χ2n) is 7.32. The Labute approximate surface area is 187 Å². The Morgan fingerprint density at radius 2 is 1.85 bits per heavy atom. The van der Waals surface area contributed by atoms with Crippen molar-refractivity contribution in [2.24, 2.45) is 11.5 Å². The summed E-state index contributed by atoms with van der Waals surface area (Å²) in [6, 6.07) is 7.63. The van der Waals surface area contributed by atoms with E-state index in [1.165, 1.54) is 0 Å². The van der Waals surface area contributed by atoms with Gasteiger partial charge in [0.1, 0.15) is 43.9 Å². The number of ether oxygens (including phenoxy) is 3. The molecule has 0 aliphatic carbocycles. The van der Waals surface area contributed by atoms with Crippen LogP contribution < -0.4 is 11.5 Å². The van der Waals surface area contributed by atoms with Gasteiger partial charge in [-0.3, -0.25) is 19.0 Å². The van der Waals surface area contributed by atoms with Crippen LogP contribution in [0.4, 0.5) is 0 Å². The number of carbonyl (C=O) groups excluding carboxylic acids is 3. The molecule has 1 amide bonds. The number of amides is 1. The number of hydrogen-bond acceptors (Lipinski definition) is 11. The first-order chi connectivity index (χ1) is 15.7. The van der Waals surface area contributed by atoms with Crippen molar-refractivity contribution in [1.82, 2.24) is 9.55 Å². The maximum absolute atomic E-state index is 12.1. The number of imidazole rings is 1. The van der Waals surface area contributed by atoms with E-state index < -0.39 is 73.0 Å². The van der Waals surface area contributed by atoms with Gasteiger partial charge in [0.25, 0.3) is 5.91 Å². The Bertz CT molecular complexity index is 997. The Morgan fingerprint density at radius 1 is 1.15 bits per heavy atom. The highest BCUT2D eigenvalue weighted by Gasteiger charge is 2.45. The molecule has 13 nitrogen and oxygen atoms in total. The summed E-state index contributed by atoms with van der Waals surface area (Å²) >= 11 is 0. The zero-order valence-electron chi connectivity index (χ0n) is 17.3. The van der Waals surface area contributed by atoms with Gasteiger partial charge in [-0.15, -0.1) is 0 Å². The lowest BCUT2D eigenvalue weighted by atomic mass is 10.1.